The summed E-state index contributed by atoms with van der Waals surface area (Å²) in [6, 6.07) is 17.2. The predicted molar refractivity (Wildman–Crippen MR) is 228 cm³/mol. The summed E-state index contributed by atoms with van der Waals surface area (Å²) in [7, 11) is 0. The minimum absolute atomic E-state index is 0. The Morgan fingerprint density at radius 2 is 1.46 bits per heavy atom. The third-order valence-electron chi connectivity index (χ3n) is 12.9. The van der Waals surface area contributed by atoms with E-state index in [-0.39, 0.29) is 73.2 Å². The van der Waals surface area contributed by atoms with Crippen LogP contribution in [0.25, 0.3) is 41.5 Å². The number of allylic oxidation sites excluding steroid dienone is 2. The number of nitrogens with zero attached hydrogens (tertiary/aromatic N) is 2. The van der Waals surface area contributed by atoms with Crippen molar-refractivity contribution in [2.45, 2.75) is 152 Å². The second kappa shape index (κ2) is 16.1. The average Bonchev–Trinajstić information content (AvgIpc) is 3.52. The fourth-order valence-electron chi connectivity index (χ4n) is 7.88. The normalized spacial score (nSPS) is 15.8. The predicted octanol–water partition coefficient (Wildman–Crippen LogP) is 13.1. The van der Waals surface area contributed by atoms with E-state index < -0.39 is 0 Å². The maximum atomic E-state index is 12.2. The van der Waals surface area contributed by atoms with Crippen molar-refractivity contribution in [1.82, 2.24) is 9.97 Å². The topological polar surface area (TPSA) is 63.1 Å². The summed E-state index contributed by atoms with van der Waals surface area (Å²) in [5.41, 5.74) is 8.88. The molecule has 0 unspecified atom stereocenters. The number of aryl methyl sites for hydroxylation is 1. The van der Waals surface area contributed by atoms with Gasteiger partial charge in [-0.05, 0) is 25.7 Å². The van der Waals surface area contributed by atoms with E-state index in [1.165, 1.54) is 66.0 Å². The van der Waals surface area contributed by atoms with E-state index in [4.69, 9.17) is 9.97 Å². The molecule has 4 nitrogen and oxygen atoms in total. The molecule has 1 radical (unpaired) electrons. The van der Waals surface area contributed by atoms with Gasteiger partial charge >= 0.3 is 221 Å². The zero-order chi connectivity index (χ0) is 39.3. The molecule has 0 fully saturated rings. The molecular formula is C48H63IrN2O2Se-. The molecule has 2 aromatic heterocycles. The van der Waals surface area contributed by atoms with Crippen LogP contribution in [0.3, 0.4) is 0 Å². The molecule has 0 saturated heterocycles. The Bertz CT molecular complexity index is 2190. The van der Waals surface area contributed by atoms with Crippen LogP contribution in [-0.2, 0) is 41.1 Å². The molecule has 0 amide bonds. The van der Waals surface area contributed by atoms with Crippen molar-refractivity contribution in [3.05, 3.63) is 82.9 Å². The first kappa shape index (κ1) is 44.1. The summed E-state index contributed by atoms with van der Waals surface area (Å²) in [6.45, 7) is 30.9. The van der Waals surface area contributed by atoms with Gasteiger partial charge in [-0.25, -0.2) is 0 Å². The molecular weight excluding hydrogens is 908 g/mol. The molecule has 0 bridgehead atoms. The fraction of sp³-hybridized carbons (Fsp3) is 0.521. The van der Waals surface area contributed by atoms with Crippen molar-refractivity contribution in [3.8, 4) is 11.3 Å². The summed E-state index contributed by atoms with van der Waals surface area (Å²) >= 11 is 0.166. The van der Waals surface area contributed by atoms with Gasteiger partial charge in [-0.15, -0.1) is 0 Å². The van der Waals surface area contributed by atoms with Crippen LogP contribution in [0.4, 0.5) is 0 Å². The number of hydrogen-bond acceptors (Lipinski definition) is 4. The minimum Gasteiger partial charge on any atom is 0 e. The van der Waals surface area contributed by atoms with Gasteiger partial charge in [-0.1, -0.05) is 41.5 Å². The molecule has 2 heterocycles. The van der Waals surface area contributed by atoms with Gasteiger partial charge in [0.05, 0.1) is 0 Å². The summed E-state index contributed by atoms with van der Waals surface area (Å²) in [5, 5.41) is 14.0. The number of carbonyl (C=O) groups excluding carboxylic acids is 1. The second-order valence-electron chi connectivity index (χ2n) is 18.4. The fourth-order valence-corrected chi connectivity index (χ4v) is 10.5. The molecule has 0 atom stereocenters. The SMILES string of the molecule is CCC(C)(CC)C(=O)/C=C(\O)C(C)(CC)CC.Cc1cc2c(c3c1[se]c1c(-c4[c-]c5ccccc5c(C(C)(C)C)c4)ncnc13)C(C)(C)CCC2(C)C.[Ir]. The Kier molecular flexibility index (Phi) is 13.1. The molecule has 1 aliphatic carbocycles. The zero-order valence-electron chi connectivity index (χ0n) is 35.4. The molecule has 3 aromatic carbocycles. The minimum atomic E-state index is -0.337. The van der Waals surface area contributed by atoms with Gasteiger partial charge < -0.3 is 5.11 Å². The molecule has 54 heavy (non-hydrogen) atoms. The summed E-state index contributed by atoms with van der Waals surface area (Å²) < 4.78 is 2.82. The van der Waals surface area contributed by atoms with Crippen LogP contribution in [0.5, 0.6) is 0 Å². The summed E-state index contributed by atoms with van der Waals surface area (Å²) in [6.07, 6.45) is 8.97. The maximum Gasteiger partial charge on any atom is 0 e. The molecule has 1 aliphatic rings. The number of benzene rings is 3. The van der Waals surface area contributed by atoms with Crippen LogP contribution in [-0.4, -0.2) is 35.4 Å². The molecule has 0 spiro atoms. The third-order valence-corrected chi connectivity index (χ3v) is 15.7. The van der Waals surface area contributed by atoms with Gasteiger partial charge in [0.15, 0.2) is 5.78 Å². The molecule has 0 aliphatic heterocycles. The molecule has 6 rings (SSSR count). The van der Waals surface area contributed by atoms with E-state index in [0.717, 1.165) is 42.3 Å². The first-order valence-electron chi connectivity index (χ1n) is 19.8. The van der Waals surface area contributed by atoms with Crippen molar-refractivity contribution in [1.29, 1.82) is 0 Å². The van der Waals surface area contributed by atoms with Crippen LogP contribution < -0.4 is 0 Å². The van der Waals surface area contributed by atoms with Gasteiger partial charge in [0, 0.05) is 37.0 Å². The molecule has 293 valence electrons. The second-order valence-corrected chi connectivity index (χ2v) is 20.6. The van der Waals surface area contributed by atoms with E-state index in [1.807, 2.05) is 41.5 Å². The number of hydrogen-bond donors (Lipinski definition) is 1. The Balaban J connectivity index is 0.000000309. The van der Waals surface area contributed by atoms with Gasteiger partial charge in [-0.3, -0.25) is 4.79 Å². The van der Waals surface area contributed by atoms with Crippen LogP contribution in [0.15, 0.2) is 54.6 Å². The van der Waals surface area contributed by atoms with Crippen LogP contribution in [0, 0.1) is 23.8 Å². The first-order valence-corrected chi connectivity index (χ1v) is 21.5. The monoisotopic (exact) mass is 972 g/mol. The van der Waals surface area contributed by atoms with Gasteiger partial charge in [-0.2, -0.15) is 0 Å². The number of ketones is 1. The number of rotatable bonds is 8. The van der Waals surface area contributed by atoms with Crippen molar-refractivity contribution < 1.29 is 30.0 Å². The number of fused-ring (bicyclic) bond motifs is 6. The Morgan fingerprint density at radius 1 is 0.870 bits per heavy atom. The smallest absolute Gasteiger partial charge is 0 e. The van der Waals surface area contributed by atoms with Crippen molar-refractivity contribution in [3.63, 3.8) is 0 Å². The standard InChI is InChI=1S/C33H35N2Se.C15H28O2.Ir/c1-19-15-24-26(33(7,8)14-13-32(24,5)6)25-28-30(36-29(19)25)27(34-18-35-28)21-16-20-11-9-10-12-22(20)23(17-21)31(2,3)4;1-7-14(5,8-2)12(16)11-13(17)15(6,9-3)10-4;/h9-12,15,17-18H,13-14H2,1-8H3;11,16H,7-10H2,1-6H3;/q-1;;/b;12-11-;. The van der Waals surface area contributed by atoms with E-state index in [9.17, 15) is 9.90 Å². The number of aromatic nitrogens is 2. The zero-order valence-corrected chi connectivity index (χ0v) is 39.5. The van der Waals surface area contributed by atoms with Crippen molar-refractivity contribution >= 4 is 50.5 Å². The largest absolute Gasteiger partial charge is 0 e. The average molecular weight is 971 g/mol. The van der Waals surface area contributed by atoms with Gasteiger partial charge in [0.1, 0.15) is 5.76 Å². The maximum absolute atomic E-state index is 12.2. The van der Waals surface area contributed by atoms with E-state index in [1.54, 1.807) is 6.33 Å². The summed E-state index contributed by atoms with van der Waals surface area (Å²) in [4.78, 5) is 22.1. The van der Waals surface area contributed by atoms with Crippen LogP contribution >= 0.6 is 0 Å². The first-order chi connectivity index (χ1) is 24.7. The Labute approximate surface area is 345 Å². The van der Waals surface area contributed by atoms with Crippen molar-refractivity contribution in [2.24, 2.45) is 10.8 Å². The van der Waals surface area contributed by atoms with Crippen LogP contribution in [0.1, 0.15) is 151 Å². The van der Waals surface area contributed by atoms with Crippen LogP contribution in [0.2, 0.25) is 0 Å². The molecule has 6 heteroatoms. The Hall–Kier alpha value is -2.62. The third kappa shape index (κ3) is 8.11. The molecule has 0 saturated carbocycles. The number of aliphatic hydroxyl groups is 1. The van der Waals surface area contributed by atoms with Gasteiger partial charge in [0.25, 0.3) is 0 Å². The van der Waals surface area contributed by atoms with E-state index >= 15 is 0 Å². The van der Waals surface area contributed by atoms with E-state index in [2.05, 4.69) is 97.9 Å². The molecule has 1 N–H and O–H groups in total. The quantitative estimate of drug-likeness (QED) is 0.0728. The molecule has 5 aromatic rings. The Morgan fingerprint density at radius 3 is 2.06 bits per heavy atom. The number of carbonyl (C=O) groups is 1. The van der Waals surface area contributed by atoms with Crippen molar-refractivity contribution in [2.75, 3.05) is 0 Å². The van der Waals surface area contributed by atoms with Gasteiger partial charge in [0.2, 0.25) is 0 Å². The van der Waals surface area contributed by atoms with E-state index in [0.29, 0.717) is 0 Å². The number of aliphatic hydroxyl groups excluding tert-OH is 1. The summed E-state index contributed by atoms with van der Waals surface area (Å²) in [5.74, 6) is 0.286.